The third-order valence-corrected chi connectivity index (χ3v) is 8.85. The fourth-order valence-electron chi connectivity index (χ4n) is 4.76. The molecule has 0 radical (unpaired) electrons. The van der Waals surface area contributed by atoms with Gasteiger partial charge in [0, 0.05) is 36.0 Å². The summed E-state index contributed by atoms with van der Waals surface area (Å²) in [7, 11) is 0. The number of fused-ring (bicyclic) bond motifs is 6. The Labute approximate surface area is 201 Å². The molecule has 0 amide bonds. The van der Waals surface area contributed by atoms with Gasteiger partial charge in [-0.2, -0.15) is 0 Å². The first-order valence-electron chi connectivity index (χ1n) is 11.0. The third kappa shape index (κ3) is 3.04. The maximum absolute atomic E-state index is 2.41. The molecule has 2 heterocycles. The van der Waals surface area contributed by atoms with E-state index in [0.717, 1.165) is 0 Å². The van der Waals surface area contributed by atoms with E-state index in [2.05, 4.69) is 120 Å². The zero-order valence-corrected chi connectivity index (χ0v) is 19.4. The molecule has 0 saturated heterocycles. The Kier molecular flexibility index (Phi) is 4.39. The highest BCUT2D eigenvalue weighted by molar-refractivity contribution is 8.05. The second-order valence-electron chi connectivity index (χ2n) is 8.21. The predicted molar refractivity (Wildman–Crippen MR) is 141 cm³/mol. The van der Waals surface area contributed by atoms with Gasteiger partial charge in [0.1, 0.15) is 0 Å². The van der Waals surface area contributed by atoms with Gasteiger partial charge < -0.3 is 4.57 Å². The summed E-state index contributed by atoms with van der Waals surface area (Å²) in [6.45, 7) is 0. The van der Waals surface area contributed by atoms with Crippen molar-refractivity contribution >= 4 is 45.3 Å². The first-order chi connectivity index (χ1) is 16.4. The summed E-state index contributed by atoms with van der Waals surface area (Å²) in [5.41, 5.74) is 6.19. The van der Waals surface area contributed by atoms with Crippen LogP contribution in [-0.2, 0) is 0 Å². The largest absolute Gasteiger partial charge is 0.309 e. The number of aromatic nitrogens is 1. The number of hydrogen-bond acceptors (Lipinski definition) is 2. The van der Waals surface area contributed by atoms with E-state index in [9.17, 15) is 0 Å². The number of para-hydroxylation sites is 1. The van der Waals surface area contributed by atoms with Crippen LogP contribution in [0.3, 0.4) is 0 Å². The van der Waals surface area contributed by atoms with E-state index in [-0.39, 0.29) is 0 Å². The lowest BCUT2D eigenvalue weighted by atomic mass is 10.0. The van der Waals surface area contributed by atoms with Crippen molar-refractivity contribution in [1.29, 1.82) is 0 Å². The SMILES string of the molecule is c1ccc(-c2ccc3c(c2)c2c4c(ccc2n3-c2ccccc2)Sc2ccccc2S4)cc1. The van der Waals surface area contributed by atoms with Crippen molar-refractivity contribution in [3.63, 3.8) is 0 Å². The van der Waals surface area contributed by atoms with E-state index in [1.807, 2.05) is 23.5 Å². The quantitative estimate of drug-likeness (QED) is 0.255. The van der Waals surface area contributed by atoms with Crippen LogP contribution < -0.4 is 0 Å². The minimum Gasteiger partial charge on any atom is -0.309 e. The topological polar surface area (TPSA) is 4.93 Å². The molecule has 156 valence electrons. The molecule has 6 aromatic rings. The second kappa shape index (κ2) is 7.58. The highest BCUT2D eigenvalue weighted by atomic mass is 32.2. The highest BCUT2D eigenvalue weighted by Gasteiger charge is 2.23. The lowest BCUT2D eigenvalue weighted by Gasteiger charge is -2.19. The van der Waals surface area contributed by atoms with E-state index >= 15 is 0 Å². The molecule has 0 atom stereocenters. The summed E-state index contributed by atoms with van der Waals surface area (Å²) < 4.78 is 2.41. The van der Waals surface area contributed by atoms with Crippen molar-refractivity contribution in [2.75, 3.05) is 0 Å². The minimum atomic E-state index is 1.19. The lowest BCUT2D eigenvalue weighted by Crippen LogP contribution is -1.94. The van der Waals surface area contributed by atoms with Crippen molar-refractivity contribution in [3.8, 4) is 16.8 Å². The molecule has 1 aliphatic heterocycles. The zero-order valence-electron chi connectivity index (χ0n) is 17.7. The highest BCUT2D eigenvalue weighted by Crippen LogP contribution is 2.52. The van der Waals surface area contributed by atoms with Gasteiger partial charge in [-0.3, -0.25) is 0 Å². The van der Waals surface area contributed by atoms with Gasteiger partial charge in [0.2, 0.25) is 0 Å². The molecule has 33 heavy (non-hydrogen) atoms. The summed E-state index contributed by atoms with van der Waals surface area (Å²) in [4.78, 5) is 5.37. The molecule has 5 aromatic carbocycles. The Hall–Kier alpha value is -3.40. The molecular weight excluding hydrogens is 438 g/mol. The monoisotopic (exact) mass is 457 g/mol. The average Bonchev–Trinajstić information content (AvgIpc) is 3.22. The summed E-state index contributed by atoms with van der Waals surface area (Å²) >= 11 is 3.78. The first kappa shape index (κ1) is 19.1. The van der Waals surface area contributed by atoms with E-state index in [1.54, 1.807) is 0 Å². The molecule has 0 bridgehead atoms. The second-order valence-corrected chi connectivity index (χ2v) is 10.3. The molecule has 1 nitrogen and oxygen atoms in total. The summed E-state index contributed by atoms with van der Waals surface area (Å²) in [5.74, 6) is 0. The van der Waals surface area contributed by atoms with Crippen molar-refractivity contribution in [3.05, 3.63) is 115 Å². The fraction of sp³-hybridized carbons (Fsp3) is 0. The Morgan fingerprint density at radius 1 is 0.485 bits per heavy atom. The Morgan fingerprint density at radius 2 is 1.15 bits per heavy atom. The smallest absolute Gasteiger partial charge is 0.0553 e. The average molecular weight is 458 g/mol. The Morgan fingerprint density at radius 3 is 1.94 bits per heavy atom. The first-order valence-corrected chi connectivity index (χ1v) is 12.7. The maximum atomic E-state index is 2.41. The number of hydrogen-bond donors (Lipinski definition) is 0. The molecule has 7 rings (SSSR count). The fourth-order valence-corrected chi connectivity index (χ4v) is 7.16. The van der Waals surface area contributed by atoms with Gasteiger partial charge in [-0.05, 0) is 59.7 Å². The summed E-state index contributed by atoms with van der Waals surface area (Å²) in [6, 6.07) is 41.6. The van der Waals surface area contributed by atoms with Gasteiger partial charge in [0.05, 0.1) is 11.0 Å². The van der Waals surface area contributed by atoms with E-state index in [0.29, 0.717) is 0 Å². The van der Waals surface area contributed by atoms with E-state index in [1.165, 1.54) is 58.2 Å². The van der Waals surface area contributed by atoms with Gasteiger partial charge in [0.15, 0.2) is 0 Å². The van der Waals surface area contributed by atoms with E-state index in [4.69, 9.17) is 0 Å². The normalized spacial score (nSPS) is 12.6. The van der Waals surface area contributed by atoms with Crippen LogP contribution in [0, 0.1) is 0 Å². The van der Waals surface area contributed by atoms with Gasteiger partial charge >= 0.3 is 0 Å². The molecule has 0 N–H and O–H groups in total. The summed E-state index contributed by atoms with van der Waals surface area (Å²) in [6.07, 6.45) is 0. The zero-order chi connectivity index (χ0) is 21.8. The number of benzene rings is 5. The van der Waals surface area contributed by atoms with Gasteiger partial charge in [0.25, 0.3) is 0 Å². The lowest BCUT2D eigenvalue weighted by molar-refractivity contribution is 1.15. The number of nitrogens with zero attached hydrogens (tertiary/aromatic N) is 1. The Bertz CT molecular complexity index is 1650. The molecule has 1 aromatic heterocycles. The molecule has 1 aliphatic rings. The Balaban J connectivity index is 1.57. The van der Waals surface area contributed by atoms with Crippen LogP contribution in [0.4, 0.5) is 0 Å². The van der Waals surface area contributed by atoms with Crippen LogP contribution in [0.25, 0.3) is 38.6 Å². The van der Waals surface area contributed by atoms with Crippen molar-refractivity contribution in [2.24, 2.45) is 0 Å². The van der Waals surface area contributed by atoms with Crippen molar-refractivity contribution in [1.82, 2.24) is 4.57 Å². The van der Waals surface area contributed by atoms with Crippen LogP contribution in [-0.4, -0.2) is 4.57 Å². The van der Waals surface area contributed by atoms with Gasteiger partial charge in [-0.1, -0.05) is 90.3 Å². The number of rotatable bonds is 2. The van der Waals surface area contributed by atoms with Crippen LogP contribution >= 0.6 is 23.5 Å². The van der Waals surface area contributed by atoms with E-state index < -0.39 is 0 Å². The van der Waals surface area contributed by atoms with Crippen LogP contribution in [0.2, 0.25) is 0 Å². The molecular formula is C30H19NS2. The van der Waals surface area contributed by atoms with Crippen molar-refractivity contribution < 1.29 is 0 Å². The van der Waals surface area contributed by atoms with Crippen LogP contribution in [0.1, 0.15) is 0 Å². The standard InChI is InChI=1S/C30H19NS2/c1-3-9-20(10-4-1)21-15-16-24-23(19-21)29-25(31(24)22-11-5-2-6-12-22)17-18-28-30(29)33-27-14-8-7-13-26(27)32-28/h1-19H. The van der Waals surface area contributed by atoms with Crippen LogP contribution in [0.5, 0.6) is 0 Å². The molecule has 0 saturated carbocycles. The molecule has 0 unspecified atom stereocenters. The predicted octanol–water partition coefficient (Wildman–Crippen LogP) is 9.07. The molecule has 0 spiro atoms. The third-order valence-electron chi connectivity index (χ3n) is 6.25. The molecule has 0 fully saturated rings. The van der Waals surface area contributed by atoms with Gasteiger partial charge in [-0.15, -0.1) is 0 Å². The summed E-state index contributed by atoms with van der Waals surface area (Å²) in [5, 5.41) is 2.65. The molecule has 3 heteroatoms. The van der Waals surface area contributed by atoms with Crippen LogP contribution in [0.15, 0.2) is 135 Å². The molecule has 0 aliphatic carbocycles. The minimum absolute atomic E-state index is 1.19. The maximum Gasteiger partial charge on any atom is 0.0553 e. The van der Waals surface area contributed by atoms with Crippen molar-refractivity contribution in [2.45, 2.75) is 19.6 Å². The van der Waals surface area contributed by atoms with Gasteiger partial charge in [-0.25, -0.2) is 0 Å².